The Hall–Kier alpha value is -4.54. The van der Waals surface area contributed by atoms with Gasteiger partial charge in [0.1, 0.15) is 12.3 Å². The summed E-state index contributed by atoms with van der Waals surface area (Å²) in [4.78, 5) is 4.80. The minimum Gasteiger partial charge on any atom is -0.323 e. The van der Waals surface area contributed by atoms with E-state index in [4.69, 9.17) is 4.98 Å². The number of pyridine rings is 1. The maximum Gasteiger partial charge on any atom is 0.101 e. The average molecular weight is 870 g/mol. The van der Waals surface area contributed by atoms with E-state index in [2.05, 4.69) is 170 Å². The molecule has 7 aromatic carbocycles. The first kappa shape index (κ1) is 34.9. The summed E-state index contributed by atoms with van der Waals surface area (Å²) >= 11 is 0. The molecular formula is C47H37IrNP2. The third-order valence-corrected chi connectivity index (χ3v) is 15.5. The van der Waals surface area contributed by atoms with E-state index in [9.17, 15) is 0 Å². The predicted molar refractivity (Wildman–Crippen MR) is 220 cm³/mol. The molecule has 1 aliphatic carbocycles. The first-order chi connectivity index (χ1) is 24.8. The van der Waals surface area contributed by atoms with Gasteiger partial charge in [0.05, 0.1) is 37.1 Å². The van der Waals surface area contributed by atoms with E-state index < -0.39 is 15.8 Å². The molecule has 0 spiro atoms. The van der Waals surface area contributed by atoms with Crippen LogP contribution in [0.4, 0.5) is 0 Å². The number of fused-ring (bicyclic) bond motifs is 3. The zero-order valence-corrected chi connectivity index (χ0v) is 32.5. The number of nitrogens with zero attached hydrogens (tertiary/aromatic N) is 1. The number of hydrogen-bond donors (Lipinski definition) is 0. The summed E-state index contributed by atoms with van der Waals surface area (Å²) in [6, 6.07) is 73.9. The molecular weight excluding hydrogens is 833 g/mol. The summed E-state index contributed by atoms with van der Waals surface area (Å²) < 4.78 is 0. The molecule has 0 saturated carbocycles. The predicted octanol–water partition coefficient (Wildman–Crippen LogP) is 9.86. The Balaban J connectivity index is 0.000000160. The Morgan fingerprint density at radius 2 is 0.863 bits per heavy atom. The molecule has 1 heterocycles. The molecule has 0 amide bonds. The third kappa shape index (κ3) is 7.72. The monoisotopic (exact) mass is 870 g/mol. The van der Waals surface area contributed by atoms with Crippen LogP contribution in [0.25, 0.3) is 44.4 Å². The van der Waals surface area contributed by atoms with Gasteiger partial charge in [0, 0.05) is 20.1 Å². The minimum atomic E-state index is -0.783. The summed E-state index contributed by atoms with van der Waals surface area (Å²) in [6.45, 7) is 0. The van der Waals surface area contributed by atoms with Crippen molar-refractivity contribution in [3.8, 4) is 33.5 Å². The fourth-order valence-electron chi connectivity index (χ4n) is 7.01. The van der Waals surface area contributed by atoms with Crippen molar-refractivity contribution in [1.82, 2.24) is 4.98 Å². The average Bonchev–Trinajstić information content (AvgIpc) is 3.53. The van der Waals surface area contributed by atoms with Gasteiger partial charge in [-0.25, -0.2) is 0 Å². The minimum absolute atomic E-state index is 0. The summed E-state index contributed by atoms with van der Waals surface area (Å²) in [6.07, 6.45) is 2.52. The summed E-state index contributed by atoms with van der Waals surface area (Å²) in [5.41, 5.74) is 7.97. The van der Waals surface area contributed by atoms with Gasteiger partial charge in [0.2, 0.25) is 0 Å². The van der Waals surface area contributed by atoms with Crippen LogP contribution in [0.3, 0.4) is 0 Å². The fourth-order valence-corrected chi connectivity index (χ4v) is 13.2. The van der Waals surface area contributed by atoms with Crippen molar-refractivity contribution >= 4 is 48.0 Å². The van der Waals surface area contributed by atoms with Crippen LogP contribution in [0, 0.1) is 12.1 Å². The maximum atomic E-state index is 4.80. The summed E-state index contributed by atoms with van der Waals surface area (Å²) in [5, 5.41) is 7.27. The number of aromatic nitrogens is 1. The Labute approximate surface area is 317 Å². The Bertz CT molecular complexity index is 2150. The van der Waals surface area contributed by atoms with Gasteiger partial charge >= 0.3 is 0 Å². The van der Waals surface area contributed by atoms with E-state index in [1.54, 1.807) is 0 Å². The maximum absolute atomic E-state index is 4.80. The molecule has 51 heavy (non-hydrogen) atoms. The molecule has 1 nitrogen and oxygen atoms in total. The van der Waals surface area contributed by atoms with Crippen LogP contribution >= 0.6 is 15.8 Å². The molecule has 1 aromatic heterocycles. The van der Waals surface area contributed by atoms with Gasteiger partial charge in [-0.3, -0.25) is 0 Å². The molecule has 0 aliphatic heterocycles. The van der Waals surface area contributed by atoms with E-state index in [0.717, 1.165) is 16.8 Å². The van der Waals surface area contributed by atoms with Gasteiger partial charge in [-0.05, 0) is 65.4 Å². The van der Waals surface area contributed by atoms with Crippen molar-refractivity contribution in [3.05, 3.63) is 200 Å². The molecule has 0 saturated heterocycles. The Morgan fingerprint density at radius 1 is 0.412 bits per heavy atom. The number of rotatable bonds is 8. The van der Waals surface area contributed by atoms with E-state index in [0.29, 0.717) is 0 Å². The summed E-state index contributed by atoms with van der Waals surface area (Å²) in [5.74, 6) is 0. The second-order valence-corrected chi connectivity index (χ2v) is 17.6. The SMILES string of the molecule is [Ir].[c-]1ccccc1-c1cc2c3c(cc[c-]c3n1)-c1ccccc1-2.c1ccc([PH+](CC[PH+](c2ccccc2)c2ccccc2)c2ccccc2)cc1. The zero-order valence-electron chi connectivity index (χ0n) is 28.1. The molecule has 0 atom stereocenters. The van der Waals surface area contributed by atoms with Gasteiger partial charge < -0.3 is 4.98 Å². The number of benzene rings is 7. The molecule has 9 rings (SSSR count). The van der Waals surface area contributed by atoms with Crippen molar-refractivity contribution in [2.24, 2.45) is 0 Å². The smallest absolute Gasteiger partial charge is 0.101 e. The van der Waals surface area contributed by atoms with E-state index in [1.807, 2.05) is 30.3 Å². The van der Waals surface area contributed by atoms with Gasteiger partial charge in [0.15, 0.2) is 0 Å². The standard InChI is InChI=1S/C26H24P2.C21H11N.Ir/c1-5-13-23(14-6-1)27(24-15-7-2-8-16-24)21-22-28(25-17-9-3-10-18-25)26-19-11-4-12-20-26;1-2-7-14(8-3-1)20-13-18-16-10-5-4-9-15(16)17-11-6-12-19(22-20)21(17)18;/h1-20H,21-22H2;1-7,9-11,13H;/q;-2;/p+2. The molecule has 249 valence electrons. The second kappa shape index (κ2) is 16.7. The topological polar surface area (TPSA) is 12.9 Å². The van der Waals surface area contributed by atoms with Crippen molar-refractivity contribution in [1.29, 1.82) is 0 Å². The van der Waals surface area contributed by atoms with Crippen molar-refractivity contribution < 1.29 is 20.1 Å². The Kier molecular flexibility index (Phi) is 11.4. The zero-order chi connectivity index (χ0) is 33.5. The van der Waals surface area contributed by atoms with Crippen LogP contribution in [0.1, 0.15) is 0 Å². The molecule has 4 heteroatoms. The molecule has 0 unspecified atom stereocenters. The first-order valence-corrected chi connectivity index (χ1v) is 20.6. The second-order valence-electron chi connectivity index (χ2n) is 12.4. The van der Waals surface area contributed by atoms with Gasteiger partial charge in [-0.1, -0.05) is 120 Å². The molecule has 1 aliphatic rings. The van der Waals surface area contributed by atoms with Crippen LogP contribution in [-0.4, -0.2) is 17.3 Å². The van der Waals surface area contributed by atoms with Crippen LogP contribution in [-0.2, 0) is 20.1 Å². The van der Waals surface area contributed by atoms with Crippen molar-refractivity contribution in [2.75, 3.05) is 12.3 Å². The summed E-state index contributed by atoms with van der Waals surface area (Å²) in [7, 11) is -1.57. The third-order valence-electron chi connectivity index (χ3n) is 9.37. The van der Waals surface area contributed by atoms with Gasteiger partial charge in [-0.15, -0.1) is 41.5 Å². The fraction of sp³-hybridized carbons (Fsp3) is 0.0426. The molecule has 0 bridgehead atoms. The largest absolute Gasteiger partial charge is 0.323 e. The van der Waals surface area contributed by atoms with Gasteiger partial charge in [0.25, 0.3) is 0 Å². The molecule has 8 aromatic rings. The van der Waals surface area contributed by atoms with Crippen molar-refractivity contribution in [2.45, 2.75) is 0 Å². The molecule has 0 fully saturated rings. The molecule has 1 radical (unpaired) electrons. The van der Waals surface area contributed by atoms with E-state index in [1.165, 1.54) is 61.2 Å². The van der Waals surface area contributed by atoms with Crippen LogP contribution in [0.15, 0.2) is 188 Å². The van der Waals surface area contributed by atoms with Crippen LogP contribution in [0.5, 0.6) is 0 Å². The van der Waals surface area contributed by atoms with Crippen LogP contribution in [0.2, 0.25) is 0 Å². The number of hydrogen-bond acceptors (Lipinski definition) is 1. The normalized spacial score (nSPS) is 11.1. The molecule has 0 N–H and O–H groups in total. The van der Waals surface area contributed by atoms with E-state index >= 15 is 0 Å². The Morgan fingerprint density at radius 3 is 1.33 bits per heavy atom. The van der Waals surface area contributed by atoms with E-state index in [-0.39, 0.29) is 20.1 Å². The quantitative estimate of drug-likeness (QED) is 0.110. The van der Waals surface area contributed by atoms with Crippen molar-refractivity contribution in [3.63, 3.8) is 0 Å². The van der Waals surface area contributed by atoms with Gasteiger partial charge in [-0.2, -0.15) is 18.2 Å². The first-order valence-electron chi connectivity index (χ1n) is 17.2. The van der Waals surface area contributed by atoms with Crippen LogP contribution < -0.4 is 21.2 Å².